The minimum absolute atomic E-state index is 0.0473. The quantitative estimate of drug-likeness (QED) is 0.918. The Morgan fingerprint density at radius 1 is 1.48 bits per heavy atom. The first kappa shape index (κ1) is 14.9. The van der Waals surface area contributed by atoms with Crippen LogP contribution < -0.4 is 0 Å². The number of nitrogens with zero attached hydrogens (tertiary/aromatic N) is 1. The molecular weight excluding hydrogens is 310 g/mol. The Morgan fingerprint density at radius 2 is 2.33 bits per heavy atom. The van der Waals surface area contributed by atoms with Crippen molar-refractivity contribution in [1.29, 1.82) is 0 Å². The molecule has 0 bridgehead atoms. The minimum atomic E-state index is -0.898. The van der Waals surface area contributed by atoms with Crippen LogP contribution in [0.1, 0.15) is 26.5 Å². The summed E-state index contributed by atoms with van der Waals surface area (Å²) in [5.41, 5.74) is 1.27. The van der Waals surface area contributed by atoms with E-state index in [0.717, 1.165) is 22.8 Å². The molecule has 1 saturated heterocycles. The molecule has 1 amide bonds. The molecule has 114 valence electrons. The minimum Gasteiger partial charge on any atom is -0.481 e. The highest BCUT2D eigenvalue weighted by Gasteiger charge is 2.31. The van der Waals surface area contributed by atoms with Gasteiger partial charge in [0.2, 0.25) is 0 Å². The first-order valence-electron chi connectivity index (χ1n) is 6.95. The van der Waals surface area contributed by atoms with E-state index in [1.165, 1.54) is 10.4 Å². The molecule has 1 aromatic heterocycles. The number of carbonyl (C=O) groups excluding carboxylic acids is 1. The average Bonchev–Trinajstić information content (AvgIpc) is 2.90. The van der Waals surface area contributed by atoms with Crippen molar-refractivity contribution < 1.29 is 19.4 Å². The van der Waals surface area contributed by atoms with Crippen LogP contribution in [0.4, 0.5) is 0 Å². The van der Waals surface area contributed by atoms with Gasteiger partial charge in [-0.3, -0.25) is 9.59 Å². The highest BCUT2D eigenvalue weighted by molar-refractivity contribution is 7.98. The lowest BCUT2D eigenvalue weighted by atomic mass is 10.1. The maximum Gasteiger partial charge on any atom is 0.305 e. The van der Waals surface area contributed by atoms with Crippen molar-refractivity contribution >= 4 is 35.0 Å². The number of aryl methyl sites for hydroxylation is 1. The van der Waals surface area contributed by atoms with E-state index < -0.39 is 5.97 Å². The molecule has 21 heavy (non-hydrogen) atoms. The molecule has 0 aliphatic carbocycles. The molecule has 1 fully saturated rings. The number of carboxylic acids is 1. The van der Waals surface area contributed by atoms with E-state index in [9.17, 15) is 9.59 Å². The fraction of sp³-hybridized carbons (Fsp3) is 0.571. The summed E-state index contributed by atoms with van der Waals surface area (Å²) in [6.45, 7) is 1.25. The summed E-state index contributed by atoms with van der Waals surface area (Å²) in [6.07, 6.45) is 0.965. The predicted molar refractivity (Wildman–Crippen MR) is 82.1 cm³/mol. The normalized spacial score (nSPS) is 21.9. The maximum atomic E-state index is 12.7. The number of rotatable bonds is 3. The van der Waals surface area contributed by atoms with Gasteiger partial charge in [-0.1, -0.05) is 0 Å². The molecular formula is C14H17NO4S2. The van der Waals surface area contributed by atoms with Gasteiger partial charge < -0.3 is 14.7 Å². The standard InChI is InChI=1S/C14H17NO4S2/c16-13(17)6-10-7-19-3-2-15(10)14(18)12-5-9-8-20-4-1-11(9)21-12/h5,10H,1-4,6-8H2,(H,16,17). The Hall–Kier alpha value is -1.05. The molecule has 1 unspecified atom stereocenters. The van der Waals surface area contributed by atoms with Gasteiger partial charge in [0.15, 0.2) is 0 Å². The van der Waals surface area contributed by atoms with Crippen molar-refractivity contribution in [1.82, 2.24) is 4.90 Å². The molecule has 2 aliphatic rings. The third-order valence-electron chi connectivity index (χ3n) is 3.74. The second-order valence-electron chi connectivity index (χ2n) is 5.19. The van der Waals surface area contributed by atoms with Gasteiger partial charge in [0, 0.05) is 17.2 Å². The number of carbonyl (C=O) groups is 2. The topological polar surface area (TPSA) is 66.8 Å². The summed E-state index contributed by atoms with van der Waals surface area (Å²) in [5, 5.41) is 8.97. The van der Waals surface area contributed by atoms with E-state index in [2.05, 4.69) is 0 Å². The largest absolute Gasteiger partial charge is 0.481 e. The fourth-order valence-electron chi connectivity index (χ4n) is 2.69. The Balaban J connectivity index is 1.78. The SMILES string of the molecule is O=C(O)CC1COCCN1C(=O)c1cc2c(s1)CCSC2. The summed E-state index contributed by atoms with van der Waals surface area (Å²) >= 11 is 3.46. The lowest BCUT2D eigenvalue weighted by Gasteiger charge is -2.34. The lowest BCUT2D eigenvalue weighted by Crippen LogP contribution is -2.49. The lowest BCUT2D eigenvalue weighted by molar-refractivity contribution is -0.139. The summed E-state index contributed by atoms with van der Waals surface area (Å²) in [7, 11) is 0. The zero-order valence-corrected chi connectivity index (χ0v) is 13.2. The molecule has 7 heteroatoms. The van der Waals surface area contributed by atoms with Crippen molar-refractivity contribution in [2.24, 2.45) is 0 Å². The van der Waals surface area contributed by atoms with Crippen LogP contribution in [0.3, 0.4) is 0 Å². The molecule has 1 atom stereocenters. The van der Waals surface area contributed by atoms with Gasteiger partial charge in [-0.25, -0.2) is 0 Å². The number of thioether (sulfide) groups is 1. The summed E-state index contributed by atoms with van der Waals surface area (Å²) < 4.78 is 5.32. The van der Waals surface area contributed by atoms with Crippen LogP contribution in [0.2, 0.25) is 0 Å². The average molecular weight is 327 g/mol. The van der Waals surface area contributed by atoms with Gasteiger partial charge in [0.1, 0.15) is 0 Å². The number of fused-ring (bicyclic) bond motifs is 1. The van der Waals surface area contributed by atoms with E-state index in [0.29, 0.717) is 19.8 Å². The van der Waals surface area contributed by atoms with Crippen LogP contribution in [-0.4, -0.2) is 53.4 Å². The van der Waals surface area contributed by atoms with Crippen molar-refractivity contribution in [3.63, 3.8) is 0 Å². The number of carboxylic acid groups (broad SMARTS) is 1. The molecule has 2 aliphatic heterocycles. The van der Waals surface area contributed by atoms with Crippen LogP contribution >= 0.6 is 23.1 Å². The van der Waals surface area contributed by atoms with Crippen molar-refractivity contribution in [2.45, 2.75) is 24.6 Å². The molecule has 0 aromatic carbocycles. The molecule has 0 spiro atoms. The summed E-state index contributed by atoms with van der Waals surface area (Å²) in [4.78, 5) is 27.3. The molecule has 1 aromatic rings. The van der Waals surface area contributed by atoms with Crippen LogP contribution in [0.15, 0.2) is 6.07 Å². The summed E-state index contributed by atoms with van der Waals surface area (Å²) in [5.74, 6) is 1.14. The maximum absolute atomic E-state index is 12.7. The van der Waals surface area contributed by atoms with Crippen LogP contribution in [-0.2, 0) is 21.7 Å². The van der Waals surface area contributed by atoms with Crippen molar-refractivity contribution in [3.05, 3.63) is 21.4 Å². The van der Waals surface area contributed by atoms with Gasteiger partial charge in [-0.05, 0) is 23.8 Å². The fourth-order valence-corrected chi connectivity index (χ4v) is 5.02. The second-order valence-corrected chi connectivity index (χ2v) is 7.43. The van der Waals surface area contributed by atoms with Gasteiger partial charge >= 0.3 is 5.97 Å². The van der Waals surface area contributed by atoms with Crippen LogP contribution in [0.25, 0.3) is 0 Å². The number of morpholine rings is 1. The highest BCUT2D eigenvalue weighted by Crippen LogP contribution is 2.32. The molecule has 0 saturated carbocycles. The zero-order valence-electron chi connectivity index (χ0n) is 11.5. The van der Waals surface area contributed by atoms with Gasteiger partial charge in [0.25, 0.3) is 5.91 Å². The number of aliphatic carboxylic acids is 1. The first-order valence-corrected chi connectivity index (χ1v) is 8.92. The molecule has 0 radical (unpaired) electrons. The predicted octanol–water partition coefficient (Wildman–Crippen LogP) is 1.85. The van der Waals surface area contributed by atoms with Crippen molar-refractivity contribution in [3.8, 4) is 0 Å². The second kappa shape index (κ2) is 6.37. The van der Waals surface area contributed by atoms with E-state index in [-0.39, 0.29) is 18.4 Å². The van der Waals surface area contributed by atoms with Gasteiger partial charge in [-0.2, -0.15) is 11.8 Å². The summed E-state index contributed by atoms with van der Waals surface area (Å²) in [6, 6.07) is 1.62. The van der Waals surface area contributed by atoms with E-state index in [4.69, 9.17) is 9.84 Å². The van der Waals surface area contributed by atoms with E-state index >= 15 is 0 Å². The Bertz CT molecular complexity index is 534. The smallest absolute Gasteiger partial charge is 0.305 e. The third-order valence-corrected chi connectivity index (χ3v) is 5.97. The number of ether oxygens (including phenoxy) is 1. The molecule has 5 nitrogen and oxygen atoms in total. The van der Waals surface area contributed by atoms with Crippen molar-refractivity contribution in [2.75, 3.05) is 25.5 Å². The number of amides is 1. The monoisotopic (exact) mass is 327 g/mol. The third kappa shape index (κ3) is 3.25. The molecule has 3 rings (SSSR count). The highest BCUT2D eigenvalue weighted by atomic mass is 32.2. The number of hydrogen-bond donors (Lipinski definition) is 1. The van der Waals surface area contributed by atoms with E-state index in [1.807, 2.05) is 17.8 Å². The number of thiophene rings is 1. The Morgan fingerprint density at radius 3 is 3.10 bits per heavy atom. The van der Waals surface area contributed by atoms with Crippen LogP contribution in [0.5, 0.6) is 0 Å². The molecule has 3 heterocycles. The van der Waals surface area contributed by atoms with Gasteiger partial charge in [0.05, 0.1) is 30.6 Å². The van der Waals surface area contributed by atoms with Gasteiger partial charge in [-0.15, -0.1) is 11.3 Å². The van der Waals surface area contributed by atoms with Crippen LogP contribution in [0, 0.1) is 0 Å². The zero-order chi connectivity index (χ0) is 14.8. The first-order chi connectivity index (χ1) is 10.1. The van der Waals surface area contributed by atoms with E-state index in [1.54, 1.807) is 16.2 Å². The molecule has 1 N–H and O–H groups in total. The Labute approximate surface area is 131 Å². The number of hydrogen-bond acceptors (Lipinski definition) is 5. The Kier molecular flexibility index (Phi) is 4.51.